The summed E-state index contributed by atoms with van der Waals surface area (Å²) in [6, 6.07) is 0.374. The molecule has 0 unspecified atom stereocenters. The molecule has 1 aliphatic carbocycles. The Kier molecular flexibility index (Phi) is 5.81. The first-order chi connectivity index (χ1) is 7.69. The number of ether oxygens (including phenoxy) is 1. The molecule has 3 nitrogen and oxygen atoms in total. The van der Waals surface area contributed by atoms with Gasteiger partial charge in [0.2, 0.25) is 5.91 Å². The molecule has 0 bridgehead atoms. The molecule has 3 heteroatoms. The van der Waals surface area contributed by atoms with E-state index in [1.165, 1.54) is 32.1 Å². The molecule has 0 aliphatic heterocycles. The molecule has 1 saturated carbocycles. The van der Waals surface area contributed by atoms with Crippen LogP contribution < -0.4 is 5.32 Å². The zero-order chi connectivity index (χ0) is 12.0. The van der Waals surface area contributed by atoms with Gasteiger partial charge in [-0.15, -0.1) is 0 Å². The summed E-state index contributed by atoms with van der Waals surface area (Å²) in [7, 11) is 1.58. The van der Waals surface area contributed by atoms with Gasteiger partial charge < -0.3 is 10.1 Å². The molecule has 0 spiro atoms. The first-order valence-electron chi connectivity index (χ1n) is 6.52. The highest BCUT2D eigenvalue weighted by molar-refractivity contribution is 5.80. The zero-order valence-electron chi connectivity index (χ0n) is 10.8. The number of amides is 1. The topological polar surface area (TPSA) is 38.3 Å². The van der Waals surface area contributed by atoms with Crippen molar-refractivity contribution in [2.75, 3.05) is 7.11 Å². The van der Waals surface area contributed by atoms with E-state index in [0.29, 0.717) is 12.0 Å². The van der Waals surface area contributed by atoms with Gasteiger partial charge in [0.1, 0.15) is 6.10 Å². The normalized spacial score (nSPS) is 27.4. The van der Waals surface area contributed by atoms with Crippen molar-refractivity contribution in [1.29, 1.82) is 0 Å². The largest absolute Gasteiger partial charge is 0.372 e. The van der Waals surface area contributed by atoms with Gasteiger partial charge in [-0.1, -0.05) is 26.2 Å². The predicted molar refractivity (Wildman–Crippen MR) is 65.3 cm³/mol. The second-order valence-electron chi connectivity index (χ2n) is 4.83. The highest BCUT2D eigenvalue weighted by Gasteiger charge is 2.26. The summed E-state index contributed by atoms with van der Waals surface area (Å²) >= 11 is 0. The lowest BCUT2D eigenvalue weighted by Gasteiger charge is -2.32. The number of hydrogen-bond donors (Lipinski definition) is 1. The molecule has 0 aromatic heterocycles. The van der Waals surface area contributed by atoms with Crippen molar-refractivity contribution in [2.45, 2.75) is 64.5 Å². The molecule has 94 valence electrons. The van der Waals surface area contributed by atoms with Crippen LogP contribution in [0.2, 0.25) is 0 Å². The first-order valence-corrected chi connectivity index (χ1v) is 6.52. The summed E-state index contributed by atoms with van der Waals surface area (Å²) in [5, 5.41) is 3.14. The van der Waals surface area contributed by atoms with Gasteiger partial charge in [-0.25, -0.2) is 0 Å². The maximum atomic E-state index is 11.8. The van der Waals surface area contributed by atoms with Gasteiger partial charge in [0, 0.05) is 13.2 Å². The number of carbonyl (C=O) groups is 1. The lowest BCUT2D eigenvalue weighted by atomic mass is 9.82. The molecule has 3 atom stereocenters. The van der Waals surface area contributed by atoms with E-state index in [1.54, 1.807) is 14.0 Å². The number of hydrogen-bond acceptors (Lipinski definition) is 2. The van der Waals surface area contributed by atoms with Crippen LogP contribution in [0.1, 0.15) is 52.4 Å². The van der Waals surface area contributed by atoms with Crippen molar-refractivity contribution in [3.8, 4) is 0 Å². The minimum Gasteiger partial charge on any atom is -0.372 e. The molecule has 16 heavy (non-hydrogen) atoms. The molecular formula is C13H25NO2. The molecule has 1 N–H and O–H groups in total. The van der Waals surface area contributed by atoms with Gasteiger partial charge in [-0.2, -0.15) is 0 Å². The average Bonchev–Trinajstić information content (AvgIpc) is 2.31. The Morgan fingerprint density at radius 2 is 2.12 bits per heavy atom. The van der Waals surface area contributed by atoms with Crippen molar-refractivity contribution in [3.63, 3.8) is 0 Å². The number of nitrogens with one attached hydrogen (secondary N) is 1. The highest BCUT2D eigenvalue weighted by Crippen LogP contribution is 2.28. The van der Waals surface area contributed by atoms with Gasteiger partial charge in [0.25, 0.3) is 0 Å². The fourth-order valence-corrected chi connectivity index (χ4v) is 2.52. The third-order valence-electron chi connectivity index (χ3n) is 3.62. The maximum Gasteiger partial charge on any atom is 0.249 e. The first kappa shape index (κ1) is 13.5. The summed E-state index contributed by atoms with van der Waals surface area (Å²) in [6.45, 7) is 4.01. The van der Waals surface area contributed by atoms with Crippen molar-refractivity contribution in [2.24, 2.45) is 5.92 Å². The Morgan fingerprint density at radius 1 is 1.44 bits per heavy atom. The lowest BCUT2D eigenvalue weighted by molar-refractivity contribution is -0.131. The summed E-state index contributed by atoms with van der Waals surface area (Å²) in [4.78, 5) is 11.8. The minimum absolute atomic E-state index is 0.0375. The fourth-order valence-electron chi connectivity index (χ4n) is 2.52. The molecule has 1 rings (SSSR count). The molecule has 1 amide bonds. The van der Waals surface area contributed by atoms with E-state index in [0.717, 1.165) is 6.42 Å². The van der Waals surface area contributed by atoms with E-state index < -0.39 is 0 Å². The van der Waals surface area contributed by atoms with Crippen molar-refractivity contribution in [1.82, 2.24) is 5.32 Å². The number of carbonyl (C=O) groups excluding carboxylic acids is 1. The SMILES string of the molecule is CCC[C@@H]1CCCC[C@@H]1NC(=O)[C@H](C)OC. The van der Waals surface area contributed by atoms with Crippen molar-refractivity contribution >= 4 is 5.91 Å². The summed E-state index contributed by atoms with van der Waals surface area (Å²) in [5.41, 5.74) is 0. The van der Waals surface area contributed by atoms with Crippen LogP contribution in [0, 0.1) is 5.92 Å². The smallest absolute Gasteiger partial charge is 0.249 e. The molecule has 0 radical (unpaired) electrons. The molecule has 0 aromatic rings. The quantitative estimate of drug-likeness (QED) is 0.783. The molecule has 0 saturated heterocycles. The third-order valence-corrected chi connectivity index (χ3v) is 3.62. The van der Waals surface area contributed by atoms with Crippen molar-refractivity contribution in [3.05, 3.63) is 0 Å². The third kappa shape index (κ3) is 3.78. The molecule has 0 heterocycles. The van der Waals surface area contributed by atoms with Crippen LogP contribution in [0.15, 0.2) is 0 Å². The monoisotopic (exact) mass is 227 g/mol. The van der Waals surface area contributed by atoms with E-state index >= 15 is 0 Å². The Morgan fingerprint density at radius 3 is 2.75 bits per heavy atom. The predicted octanol–water partition coefficient (Wildman–Crippen LogP) is 2.50. The van der Waals surface area contributed by atoms with E-state index in [2.05, 4.69) is 12.2 Å². The molecule has 0 aromatic carbocycles. The Bertz CT molecular complexity index is 216. The lowest BCUT2D eigenvalue weighted by Crippen LogP contribution is -2.46. The van der Waals surface area contributed by atoms with Crippen LogP contribution in [0.5, 0.6) is 0 Å². The Hall–Kier alpha value is -0.570. The number of methoxy groups -OCH3 is 1. The second kappa shape index (κ2) is 6.89. The maximum absolute atomic E-state index is 11.8. The number of rotatable bonds is 5. The van der Waals surface area contributed by atoms with Crippen molar-refractivity contribution < 1.29 is 9.53 Å². The van der Waals surface area contributed by atoms with Crippen LogP contribution in [-0.2, 0) is 9.53 Å². The molecule has 1 aliphatic rings. The fraction of sp³-hybridized carbons (Fsp3) is 0.923. The van der Waals surface area contributed by atoms with E-state index in [4.69, 9.17) is 4.74 Å². The zero-order valence-corrected chi connectivity index (χ0v) is 10.8. The Balaban J connectivity index is 2.45. The van der Waals surface area contributed by atoms with Gasteiger partial charge in [0.15, 0.2) is 0 Å². The molecular weight excluding hydrogens is 202 g/mol. The van der Waals surface area contributed by atoms with Crippen LogP contribution in [-0.4, -0.2) is 25.2 Å². The van der Waals surface area contributed by atoms with Gasteiger partial charge in [-0.05, 0) is 32.1 Å². The summed E-state index contributed by atoms with van der Waals surface area (Å²) in [5.74, 6) is 0.710. The van der Waals surface area contributed by atoms with Crippen LogP contribution in [0.3, 0.4) is 0 Å². The van der Waals surface area contributed by atoms with Gasteiger partial charge in [-0.3, -0.25) is 4.79 Å². The summed E-state index contributed by atoms with van der Waals surface area (Å²) in [6.07, 6.45) is 7.06. The highest BCUT2D eigenvalue weighted by atomic mass is 16.5. The molecule has 1 fully saturated rings. The standard InChI is InChI=1S/C13H25NO2/c1-4-7-11-8-5-6-9-12(11)14-13(15)10(2)16-3/h10-12H,4-9H2,1-3H3,(H,14,15)/t10-,11+,12-/m0/s1. The van der Waals surface area contributed by atoms with E-state index in [9.17, 15) is 4.79 Å². The van der Waals surface area contributed by atoms with Crippen LogP contribution in [0.4, 0.5) is 0 Å². The van der Waals surface area contributed by atoms with E-state index in [1.807, 2.05) is 0 Å². The van der Waals surface area contributed by atoms with Crippen LogP contribution in [0.25, 0.3) is 0 Å². The summed E-state index contributed by atoms with van der Waals surface area (Å²) < 4.78 is 5.04. The average molecular weight is 227 g/mol. The Labute approximate surface area is 98.9 Å². The van der Waals surface area contributed by atoms with Gasteiger partial charge in [0.05, 0.1) is 0 Å². The van der Waals surface area contributed by atoms with Gasteiger partial charge >= 0.3 is 0 Å². The van der Waals surface area contributed by atoms with E-state index in [-0.39, 0.29) is 12.0 Å². The van der Waals surface area contributed by atoms with Crippen LogP contribution >= 0.6 is 0 Å². The second-order valence-corrected chi connectivity index (χ2v) is 4.83. The minimum atomic E-state index is -0.329.